The van der Waals surface area contributed by atoms with E-state index in [2.05, 4.69) is 11.4 Å². The van der Waals surface area contributed by atoms with Crippen molar-refractivity contribution >= 4 is 46.8 Å². The molecule has 0 heterocycles. The molecule has 1 N–H and O–H groups in total. The second kappa shape index (κ2) is 13.1. The minimum Gasteiger partial charge on any atom is -0.352 e. The van der Waals surface area contributed by atoms with Gasteiger partial charge in [0, 0.05) is 28.4 Å². The Kier molecular flexibility index (Phi) is 10.9. The maximum Gasteiger partial charge on any atom is 0.243 e. The smallest absolute Gasteiger partial charge is 0.243 e. The highest BCUT2D eigenvalue weighted by Crippen LogP contribution is 2.28. The Labute approximate surface area is 206 Å². The number of nitrogens with one attached hydrogen (secondary N) is 1. The van der Waals surface area contributed by atoms with Crippen molar-refractivity contribution in [2.45, 2.75) is 64.9 Å². The summed E-state index contributed by atoms with van der Waals surface area (Å²) in [7, 11) is 0. The van der Waals surface area contributed by atoms with Crippen molar-refractivity contribution in [1.29, 1.82) is 0 Å². The first-order valence-electron chi connectivity index (χ1n) is 10.9. The number of halogens is 2. The molecule has 0 fully saturated rings. The molecule has 7 heteroatoms. The third-order valence-electron chi connectivity index (χ3n) is 5.36. The Balaban J connectivity index is 2.18. The number of thioether (sulfide) groups is 1. The van der Waals surface area contributed by atoms with E-state index in [4.69, 9.17) is 23.2 Å². The van der Waals surface area contributed by atoms with Crippen molar-refractivity contribution in [3.05, 3.63) is 69.2 Å². The van der Waals surface area contributed by atoms with Gasteiger partial charge < -0.3 is 10.2 Å². The molecule has 0 bridgehead atoms. The van der Waals surface area contributed by atoms with E-state index in [9.17, 15) is 9.59 Å². The lowest BCUT2D eigenvalue weighted by molar-refractivity contribution is -0.139. The third-order valence-corrected chi connectivity index (χ3v) is 7.01. The van der Waals surface area contributed by atoms with Gasteiger partial charge in [-0.25, -0.2) is 0 Å². The number of hydrogen-bond acceptors (Lipinski definition) is 3. The van der Waals surface area contributed by atoms with Gasteiger partial charge in [0.1, 0.15) is 6.04 Å². The summed E-state index contributed by atoms with van der Waals surface area (Å²) in [5, 5.41) is 4.22. The number of rotatable bonds is 11. The van der Waals surface area contributed by atoms with E-state index in [0.717, 1.165) is 23.1 Å². The molecule has 0 spiro atoms. The van der Waals surface area contributed by atoms with Crippen molar-refractivity contribution in [1.82, 2.24) is 10.2 Å². The normalized spacial score (nSPS) is 12.8. The summed E-state index contributed by atoms with van der Waals surface area (Å²) < 4.78 is 0. The number of carbonyl (C=O) groups excluding carboxylic acids is 2. The lowest BCUT2D eigenvalue weighted by atomic mass is 10.1. The van der Waals surface area contributed by atoms with Crippen molar-refractivity contribution in [2.24, 2.45) is 0 Å². The zero-order valence-corrected chi connectivity index (χ0v) is 21.5. The maximum absolute atomic E-state index is 13.3. The lowest BCUT2D eigenvalue weighted by Crippen LogP contribution is -2.51. The Morgan fingerprint density at radius 3 is 2.31 bits per heavy atom. The van der Waals surface area contributed by atoms with Gasteiger partial charge in [0.2, 0.25) is 11.8 Å². The van der Waals surface area contributed by atoms with Gasteiger partial charge in [0.15, 0.2) is 0 Å². The van der Waals surface area contributed by atoms with Gasteiger partial charge in [-0.15, -0.1) is 11.8 Å². The van der Waals surface area contributed by atoms with Crippen molar-refractivity contribution < 1.29 is 9.59 Å². The summed E-state index contributed by atoms with van der Waals surface area (Å²) in [6, 6.07) is 13.0. The molecular formula is C25H32Cl2N2O2S. The quantitative estimate of drug-likeness (QED) is 0.401. The fourth-order valence-electron chi connectivity index (χ4n) is 3.36. The van der Waals surface area contributed by atoms with Gasteiger partial charge in [-0.05, 0) is 49.9 Å². The zero-order chi connectivity index (χ0) is 23.7. The monoisotopic (exact) mass is 494 g/mol. The minimum atomic E-state index is -0.526. The van der Waals surface area contributed by atoms with Crippen molar-refractivity contribution in [2.75, 3.05) is 5.75 Å². The standard InChI is InChI=1S/C25H32Cl2N2O2S/c1-5-18(4)28-25(31)23(6-2)29(14-19-10-7-9-17(3)13-19)24(30)16-32-15-20-21(26)11-8-12-22(20)27/h7-13,18,23H,5-6,14-16H2,1-4H3,(H,28,31)/t18-,23+/m0/s1. The van der Waals surface area contributed by atoms with Crippen LogP contribution in [0.15, 0.2) is 42.5 Å². The first kappa shape index (κ1) is 26.6. The molecule has 174 valence electrons. The molecule has 0 radical (unpaired) electrons. The Morgan fingerprint density at radius 2 is 1.72 bits per heavy atom. The van der Waals surface area contributed by atoms with Crippen molar-refractivity contribution in [3.63, 3.8) is 0 Å². The average Bonchev–Trinajstić information content (AvgIpc) is 2.75. The van der Waals surface area contributed by atoms with Crippen LogP contribution in [-0.4, -0.2) is 34.6 Å². The van der Waals surface area contributed by atoms with E-state index in [-0.39, 0.29) is 23.6 Å². The summed E-state index contributed by atoms with van der Waals surface area (Å²) in [6.07, 6.45) is 1.38. The number of amides is 2. The number of aryl methyl sites for hydroxylation is 1. The molecule has 2 atom stereocenters. The highest BCUT2D eigenvalue weighted by atomic mass is 35.5. The molecule has 2 aromatic rings. The van der Waals surface area contributed by atoms with Gasteiger partial charge in [-0.1, -0.05) is 72.9 Å². The largest absolute Gasteiger partial charge is 0.352 e. The molecule has 2 rings (SSSR count). The van der Waals surface area contributed by atoms with E-state index in [1.807, 2.05) is 45.9 Å². The molecular weight excluding hydrogens is 463 g/mol. The average molecular weight is 496 g/mol. The van der Waals surface area contributed by atoms with Gasteiger partial charge in [0.05, 0.1) is 5.75 Å². The first-order valence-corrected chi connectivity index (χ1v) is 12.8. The topological polar surface area (TPSA) is 49.4 Å². The SMILES string of the molecule is CC[C@H](C(=O)N[C@@H](C)CC)N(Cc1cccc(C)c1)C(=O)CSCc1c(Cl)cccc1Cl. The lowest BCUT2D eigenvalue weighted by Gasteiger charge is -2.31. The molecule has 0 unspecified atom stereocenters. The zero-order valence-electron chi connectivity index (χ0n) is 19.2. The van der Waals surface area contributed by atoms with Crippen LogP contribution in [0.25, 0.3) is 0 Å². The predicted molar refractivity (Wildman–Crippen MR) is 136 cm³/mol. The summed E-state index contributed by atoms with van der Waals surface area (Å²) in [6.45, 7) is 8.35. The van der Waals surface area contributed by atoms with Gasteiger partial charge in [-0.3, -0.25) is 9.59 Å². The molecule has 32 heavy (non-hydrogen) atoms. The first-order chi connectivity index (χ1) is 15.3. The molecule has 2 amide bonds. The van der Waals surface area contributed by atoms with E-state index in [1.165, 1.54) is 11.8 Å². The highest BCUT2D eigenvalue weighted by Gasteiger charge is 2.29. The molecule has 0 aliphatic rings. The number of hydrogen-bond donors (Lipinski definition) is 1. The number of nitrogens with zero attached hydrogens (tertiary/aromatic N) is 1. The van der Waals surface area contributed by atoms with Crippen LogP contribution in [-0.2, 0) is 21.9 Å². The van der Waals surface area contributed by atoms with Gasteiger partial charge in [0.25, 0.3) is 0 Å². The second-order valence-electron chi connectivity index (χ2n) is 7.95. The van der Waals surface area contributed by atoms with Crippen LogP contribution in [0.3, 0.4) is 0 Å². The summed E-state index contributed by atoms with van der Waals surface area (Å²) in [5.74, 6) is 0.576. The van der Waals surface area contributed by atoms with E-state index < -0.39 is 6.04 Å². The third kappa shape index (κ3) is 7.72. The fourth-order valence-corrected chi connectivity index (χ4v) is 5.01. The molecule has 0 aromatic heterocycles. The summed E-state index contributed by atoms with van der Waals surface area (Å²) >= 11 is 14.0. The molecule has 4 nitrogen and oxygen atoms in total. The van der Waals surface area contributed by atoms with Crippen LogP contribution in [0.2, 0.25) is 10.0 Å². The number of benzene rings is 2. The predicted octanol–water partition coefficient (Wildman–Crippen LogP) is 6.26. The van der Waals surface area contributed by atoms with Crippen molar-refractivity contribution in [3.8, 4) is 0 Å². The molecule has 0 aliphatic carbocycles. The summed E-state index contributed by atoms with van der Waals surface area (Å²) in [4.78, 5) is 28.0. The van der Waals surface area contributed by atoms with E-state index in [0.29, 0.717) is 28.8 Å². The van der Waals surface area contributed by atoms with E-state index in [1.54, 1.807) is 23.1 Å². The molecule has 0 aliphatic heterocycles. The Morgan fingerprint density at radius 1 is 1.06 bits per heavy atom. The number of carbonyl (C=O) groups is 2. The molecule has 0 saturated heterocycles. The molecule has 2 aromatic carbocycles. The van der Waals surface area contributed by atoms with Crippen LogP contribution in [0.1, 0.15) is 50.3 Å². The van der Waals surface area contributed by atoms with Crippen LogP contribution in [0, 0.1) is 6.92 Å². The Hall–Kier alpha value is -1.69. The summed E-state index contributed by atoms with van der Waals surface area (Å²) in [5.41, 5.74) is 2.95. The Bertz CT molecular complexity index is 902. The minimum absolute atomic E-state index is 0.0595. The maximum atomic E-state index is 13.3. The van der Waals surface area contributed by atoms with Crippen LogP contribution >= 0.6 is 35.0 Å². The van der Waals surface area contributed by atoms with Crippen LogP contribution in [0.5, 0.6) is 0 Å². The van der Waals surface area contributed by atoms with Crippen LogP contribution < -0.4 is 5.32 Å². The fraction of sp³-hybridized carbons (Fsp3) is 0.440. The second-order valence-corrected chi connectivity index (χ2v) is 9.75. The van der Waals surface area contributed by atoms with Crippen LogP contribution in [0.4, 0.5) is 0 Å². The van der Waals surface area contributed by atoms with Gasteiger partial charge >= 0.3 is 0 Å². The highest BCUT2D eigenvalue weighted by molar-refractivity contribution is 7.99. The molecule has 0 saturated carbocycles. The van der Waals surface area contributed by atoms with E-state index >= 15 is 0 Å². The van der Waals surface area contributed by atoms with Gasteiger partial charge in [-0.2, -0.15) is 0 Å².